The zero-order valence-corrected chi connectivity index (χ0v) is 11.7. The molecule has 1 aliphatic heterocycles. The highest BCUT2D eigenvalue weighted by Crippen LogP contribution is 2.16. The second-order valence-corrected chi connectivity index (χ2v) is 5.43. The molecule has 0 amide bonds. The Morgan fingerprint density at radius 3 is 3.19 bits per heavy atom. The number of aromatic amines is 1. The van der Waals surface area contributed by atoms with Crippen LogP contribution < -0.4 is 5.73 Å². The summed E-state index contributed by atoms with van der Waals surface area (Å²) >= 11 is 0. The smallest absolute Gasteiger partial charge is 0.147 e. The minimum Gasteiger partial charge on any atom is -0.399 e. The number of hydrogen-bond acceptors (Lipinski definition) is 5. The van der Waals surface area contributed by atoms with Crippen LogP contribution in [0.5, 0.6) is 0 Å². The van der Waals surface area contributed by atoms with Crippen molar-refractivity contribution in [3.8, 4) is 0 Å². The maximum Gasteiger partial charge on any atom is 0.147 e. The first-order chi connectivity index (χ1) is 10.3. The van der Waals surface area contributed by atoms with Crippen LogP contribution >= 0.6 is 0 Å². The third kappa shape index (κ3) is 2.36. The van der Waals surface area contributed by atoms with Gasteiger partial charge in [0, 0.05) is 31.7 Å². The van der Waals surface area contributed by atoms with Gasteiger partial charge < -0.3 is 15.3 Å². The third-order valence-electron chi connectivity index (χ3n) is 3.94. The zero-order valence-electron chi connectivity index (χ0n) is 11.7. The normalized spacial score (nSPS) is 15.4. The molecule has 0 bridgehead atoms. The summed E-state index contributed by atoms with van der Waals surface area (Å²) < 4.78 is 2.11. The van der Waals surface area contributed by atoms with Crippen LogP contribution in [-0.2, 0) is 19.5 Å². The van der Waals surface area contributed by atoms with Crippen LogP contribution in [-0.4, -0.2) is 42.7 Å². The van der Waals surface area contributed by atoms with Crippen LogP contribution in [0.1, 0.15) is 11.6 Å². The van der Waals surface area contributed by atoms with E-state index in [-0.39, 0.29) is 0 Å². The number of hydrogen-bond donors (Lipinski definition) is 2. The van der Waals surface area contributed by atoms with Crippen LogP contribution in [0.25, 0.3) is 11.0 Å². The third-order valence-corrected chi connectivity index (χ3v) is 3.94. The Bertz CT molecular complexity index is 773. The maximum atomic E-state index is 5.79. The van der Waals surface area contributed by atoms with Crippen LogP contribution in [0.4, 0.5) is 5.69 Å². The molecule has 0 fully saturated rings. The van der Waals surface area contributed by atoms with E-state index in [0.29, 0.717) is 0 Å². The number of aromatic nitrogens is 5. The molecule has 0 unspecified atom stereocenters. The molecular weight excluding hydrogens is 266 g/mol. The first-order valence-corrected chi connectivity index (χ1v) is 7.11. The molecule has 0 saturated carbocycles. The van der Waals surface area contributed by atoms with Crippen molar-refractivity contribution in [1.29, 1.82) is 0 Å². The molecule has 0 radical (unpaired) electrons. The summed E-state index contributed by atoms with van der Waals surface area (Å²) in [7, 11) is 0. The van der Waals surface area contributed by atoms with Crippen LogP contribution in [0.15, 0.2) is 24.5 Å². The Labute approximate surface area is 121 Å². The van der Waals surface area contributed by atoms with Crippen molar-refractivity contribution >= 4 is 16.7 Å². The molecule has 0 spiro atoms. The average Bonchev–Trinajstić information content (AvgIpc) is 3.09. The molecule has 2 aromatic heterocycles. The Hall–Kier alpha value is -2.41. The quantitative estimate of drug-likeness (QED) is 0.694. The molecule has 4 rings (SSSR count). The number of fused-ring (bicyclic) bond motifs is 2. The van der Waals surface area contributed by atoms with E-state index in [1.165, 1.54) is 0 Å². The van der Waals surface area contributed by atoms with Crippen molar-refractivity contribution < 1.29 is 0 Å². The molecule has 21 heavy (non-hydrogen) atoms. The van der Waals surface area contributed by atoms with Crippen molar-refractivity contribution in [3.63, 3.8) is 0 Å². The number of imidazole rings is 1. The molecule has 7 heteroatoms. The van der Waals surface area contributed by atoms with Crippen molar-refractivity contribution in [2.24, 2.45) is 0 Å². The number of anilines is 1. The lowest BCUT2D eigenvalue weighted by Gasteiger charge is -2.26. The van der Waals surface area contributed by atoms with Crippen LogP contribution in [0, 0.1) is 0 Å². The van der Waals surface area contributed by atoms with E-state index in [9.17, 15) is 0 Å². The number of rotatable bonds is 3. The average molecular weight is 283 g/mol. The van der Waals surface area contributed by atoms with Gasteiger partial charge in [-0.1, -0.05) is 0 Å². The van der Waals surface area contributed by atoms with Gasteiger partial charge >= 0.3 is 0 Å². The number of benzene rings is 1. The second-order valence-electron chi connectivity index (χ2n) is 5.43. The van der Waals surface area contributed by atoms with E-state index in [1.54, 1.807) is 6.33 Å². The van der Waals surface area contributed by atoms with E-state index in [2.05, 4.69) is 29.6 Å². The molecule has 3 aromatic rings. The van der Waals surface area contributed by atoms with Crippen LogP contribution in [0.3, 0.4) is 0 Å². The number of H-pyrrole nitrogens is 1. The minimum atomic E-state index is 0.757. The van der Waals surface area contributed by atoms with Crippen molar-refractivity contribution in [3.05, 3.63) is 36.2 Å². The van der Waals surface area contributed by atoms with Crippen LogP contribution in [0.2, 0.25) is 0 Å². The fourth-order valence-corrected chi connectivity index (χ4v) is 2.77. The Morgan fingerprint density at radius 1 is 1.29 bits per heavy atom. The highest BCUT2D eigenvalue weighted by Gasteiger charge is 2.17. The Balaban J connectivity index is 1.44. The number of nitrogens with two attached hydrogens (primary N) is 1. The topological polar surface area (TPSA) is 88.7 Å². The van der Waals surface area contributed by atoms with E-state index >= 15 is 0 Å². The van der Waals surface area contributed by atoms with Gasteiger partial charge in [-0.2, -0.15) is 0 Å². The summed E-state index contributed by atoms with van der Waals surface area (Å²) in [5, 5.41) is 8.09. The summed E-state index contributed by atoms with van der Waals surface area (Å²) in [5.74, 6) is 2.04. The summed E-state index contributed by atoms with van der Waals surface area (Å²) in [4.78, 5) is 10.3. The molecule has 3 N–H and O–H groups in total. The van der Waals surface area contributed by atoms with Crippen molar-refractivity contribution in [1.82, 2.24) is 29.6 Å². The first kappa shape index (κ1) is 12.3. The second kappa shape index (κ2) is 4.85. The Morgan fingerprint density at radius 2 is 2.24 bits per heavy atom. The van der Waals surface area contributed by atoms with Gasteiger partial charge in [0.25, 0.3) is 0 Å². The predicted octanol–water partition coefficient (Wildman–Crippen LogP) is 0.795. The fourth-order valence-electron chi connectivity index (χ4n) is 2.77. The van der Waals surface area contributed by atoms with E-state index in [0.717, 1.165) is 61.0 Å². The largest absolute Gasteiger partial charge is 0.399 e. The van der Waals surface area contributed by atoms with Gasteiger partial charge in [-0.3, -0.25) is 4.90 Å². The molecule has 1 aliphatic rings. The summed E-state index contributed by atoms with van der Waals surface area (Å²) in [6, 6.07) is 5.76. The van der Waals surface area contributed by atoms with E-state index in [4.69, 9.17) is 5.73 Å². The summed E-state index contributed by atoms with van der Waals surface area (Å²) in [5.41, 5.74) is 8.52. The fraction of sp³-hybridized carbons (Fsp3) is 0.357. The molecule has 3 heterocycles. The van der Waals surface area contributed by atoms with Crippen molar-refractivity contribution in [2.45, 2.75) is 19.5 Å². The standard InChI is InChI=1S/C14H17N7/c15-10-1-2-11-12(7-10)18-13(17-11)3-4-20-5-6-21-9-16-19-14(21)8-20/h1-2,7,9H,3-6,8,15H2,(H,17,18). The molecule has 0 saturated heterocycles. The number of nitrogens with zero attached hydrogens (tertiary/aromatic N) is 5. The first-order valence-electron chi connectivity index (χ1n) is 7.11. The van der Waals surface area contributed by atoms with Gasteiger partial charge in [0.05, 0.1) is 17.6 Å². The highest BCUT2D eigenvalue weighted by molar-refractivity contribution is 5.78. The molecule has 0 aliphatic carbocycles. The van der Waals surface area contributed by atoms with Gasteiger partial charge in [0.1, 0.15) is 18.0 Å². The molecule has 108 valence electrons. The lowest BCUT2D eigenvalue weighted by Crippen LogP contribution is -2.35. The van der Waals surface area contributed by atoms with Crippen molar-refractivity contribution in [2.75, 3.05) is 18.8 Å². The highest BCUT2D eigenvalue weighted by atomic mass is 15.3. The Kier molecular flexibility index (Phi) is 2.85. The molecule has 7 nitrogen and oxygen atoms in total. The molecular formula is C14H17N7. The van der Waals surface area contributed by atoms with Gasteiger partial charge in [0.2, 0.25) is 0 Å². The van der Waals surface area contributed by atoms with E-state index < -0.39 is 0 Å². The molecule has 1 aromatic carbocycles. The van der Waals surface area contributed by atoms with Gasteiger partial charge in [-0.05, 0) is 18.2 Å². The SMILES string of the molecule is Nc1ccc2nc(CCN3CCn4cnnc4C3)[nH]c2c1. The number of nitrogen functional groups attached to an aromatic ring is 1. The zero-order chi connectivity index (χ0) is 14.2. The van der Waals surface area contributed by atoms with Gasteiger partial charge in [-0.25, -0.2) is 4.98 Å². The minimum absolute atomic E-state index is 0.757. The molecule has 0 atom stereocenters. The summed E-state index contributed by atoms with van der Waals surface area (Å²) in [6.07, 6.45) is 2.69. The maximum absolute atomic E-state index is 5.79. The predicted molar refractivity (Wildman–Crippen MR) is 79.5 cm³/mol. The van der Waals surface area contributed by atoms with Gasteiger partial charge in [-0.15, -0.1) is 10.2 Å². The summed E-state index contributed by atoms with van der Waals surface area (Å²) in [6.45, 7) is 3.80. The lowest BCUT2D eigenvalue weighted by molar-refractivity contribution is 0.218. The van der Waals surface area contributed by atoms with E-state index in [1.807, 2.05) is 18.2 Å². The lowest BCUT2D eigenvalue weighted by atomic mass is 10.3. The monoisotopic (exact) mass is 283 g/mol. The number of nitrogens with one attached hydrogen (secondary N) is 1. The van der Waals surface area contributed by atoms with Gasteiger partial charge in [0.15, 0.2) is 0 Å².